The van der Waals surface area contributed by atoms with E-state index < -0.39 is 6.10 Å². The highest BCUT2D eigenvalue weighted by atomic mass is 79.9. The maximum absolute atomic E-state index is 12.9. The topological polar surface area (TPSA) is 39.4 Å². The van der Waals surface area contributed by atoms with Gasteiger partial charge >= 0.3 is 0 Å². The van der Waals surface area contributed by atoms with Crippen molar-refractivity contribution in [3.05, 3.63) is 75.4 Å². The maximum Gasteiger partial charge on any atom is 0.200 e. The molecule has 4 rings (SSSR count). The van der Waals surface area contributed by atoms with Crippen molar-refractivity contribution in [1.82, 2.24) is 0 Å². The van der Waals surface area contributed by atoms with Gasteiger partial charge in [0.2, 0.25) is 5.43 Å². The molecule has 1 aliphatic heterocycles. The predicted octanol–water partition coefficient (Wildman–Crippen LogP) is 4.84. The summed E-state index contributed by atoms with van der Waals surface area (Å²) in [6, 6.07) is 13.0. The first-order valence-corrected chi connectivity index (χ1v) is 7.63. The van der Waals surface area contributed by atoms with E-state index in [2.05, 4.69) is 22.5 Å². The summed E-state index contributed by atoms with van der Waals surface area (Å²) in [6.45, 7) is 3.78. The van der Waals surface area contributed by atoms with Crippen molar-refractivity contribution in [3.63, 3.8) is 0 Å². The third-order valence-electron chi connectivity index (χ3n) is 3.77. The van der Waals surface area contributed by atoms with Crippen molar-refractivity contribution in [3.8, 4) is 17.1 Å². The van der Waals surface area contributed by atoms with Gasteiger partial charge in [-0.05, 0) is 36.4 Å². The van der Waals surface area contributed by atoms with E-state index in [1.54, 1.807) is 18.2 Å². The van der Waals surface area contributed by atoms with Crippen LogP contribution in [0.5, 0.6) is 5.75 Å². The highest BCUT2D eigenvalue weighted by Gasteiger charge is 2.29. The highest BCUT2D eigenvalue weighted by molar-refractivity contribution is 9.10. The molecule has 22 heavy (non-hydrogen) atoms. The number of rotatable bonds is 1. The lowest BCUT2D eigenvalue weighted by Crippen LogP contribution is -2.21. The number of ether oxygens (including phenoxy) is 1. The Hall–Kier alpha value is -2.33. The molecule has 0 N–H and O–H groups in total. The van der Waals surface area contributed by atoms with Crippen molar-refractivity contribution < 1.29 is 9.15 Å². The maximum atomic E-state index is 12.9. The molecule has 1 aliphatic rings. The van der Waals surface area contributed by atoms with Crippen LogP contribution >= 0.6 is 15.9 Å². The SMILES string of the molecule is C=CC1Oc2ccccc2-c2oc3ccc(Br)cc3c(=O)c21. The van der Waals surface area contributed by atoms with E-state index in [1.807, 2.05) is 30.3 Å². The van der Waals surface area contributed by atoms with Crippen LogP contribution in [0.1, 0.15) is 11.7 Å². The third kappa shape index (κ3) is 1.84. The Morgan fingerprint density at radius 1 is 1.18 bits per heavy atom. The van der Waals surface area contributed by atoms with Gasteiger partial charge in [0.25, 0.3) is 0 Å². The molecule has 0 aliphatic carbocycles. The largest absolute Gasteiger partial charge is 0.481 e. The molecule has 0 fully saturated rings. The van der Waals surface area contributed by atoms with Gasteiger partial charge in [0.15, 0.2) is 0 Å². The quantitative estimate of drug-likeness (QED) is 0.587. The summed E-state index contributed by atoms with van der Waals surface area (Å²) in [6.07, 6.45) is 1.11. The molecular weight excluding hydrogens is 344 g/mol. The van der Waals surface area contributed by atoms with Crippen LogP contribution in [-0.2, 0) is 0 Å². The van der Waals surface area contributed by atoms with Crippen molar-refractivity contribution in [2.75, 3.05) is 0 Å². The van der Waals surface area contributed by atoms with Gasteiger partial charge in [-0.15, -0.1) is 0 Å². The van der Waals surface area contributed by atoms with Crippen LogP contribution in [0.25, 0.3) is 22.3 Å². The first-order chi connectivity index (χ1) is 10.7. The number of para-hydroxylation sites is 1. The van der Waals surface area contributed by atoms with E-state index in [1.165, 1.54) is 0 Å². The van der Waals surface area contributed by atoms with Gasteiger partial charge in [0.05, 0.1) is 16.5 Å². The van der Waals surface area contributed by atoms with E-state index in [9.17, 15) is 4.79 Å². The zero-order chi connectivity index (χ0) is 15.3. The molecule has 4 heteroatoms. The molecule has 2 aromatic carbocycles. The van der Waals surface area contributed by atoms with E-state index in [0.717, 1.165) is 10.0 Å². The van der Waals surface area contributed by atoms with Crippen molar-refractivity contribution >= 4 is 26.9 Å². The molecular formula is C18H11BrO3. The van der Waals surface area contributed by atoms with Crippen LogP contribution in [0.2, 0.25) is 0 Å². The molecule has 2 heterocycles. The molecule has 0 saturated heterocycles. The molecule has 3 nitrogen and oxygen atoms in total. The van der Waals surface area contributed by atoms with Crippen LogP contribution in [0.4, 0.5) is 0 Å². The fraction of sp³-hybridized carbons (Fsp3) is 0.0556. The molecule has 0 spiro atoms. The van der Waals surface area contributed by atoms with E-state index in [4.69, 9.17) is 9.15 Å². The average molecular weight is 355 g/mol. The normalized spacial score (nSPS) is 15.8. The van der Waals surface area contributed by atoms with E-state index in [-0.39, 0.29) is 5.43 Å². The minimum Gasteiger partial charge on any atom is -0.481 e. The number of hydrogen-bond acceptors (Lipinski definition) is 3. The van der Waals surface area contributed by atoms with Gasteiger partial charge in [0, 0.05) is 4.47 Å². The van der Waals surface area contributed by atoms with Gasteiger partial charge in [-0.1, -0.05) is 34.6 Å². The van der Waals surface area contributed by atoms with Crippen LogP contribution in [0, 0.1) is 0 Å². The Kier molecular flexibility index (Phi) is 2.94. The second-order valence-corrected chi connectivity index (χ2v) is 6.00. The van der Waals surface area contributed by atoms with Gasteiger partial charge in [-0.25, -0.2) is 0 Å². The smallest absolute Gasteiger partial charge is 0.200 e. The minimum atomic E-state index is -0.510. The van der Waals surface area contributed by atoms with Crippen molar-refractivity contribution in [1.29, 1.82) is 0 Å². The molecule has 0 radical (unpaired) electrons. The standard InChI is InChI=1S/C18H11BrO3/c1-2-13-16-17(20)12-9-10(19)7-8-15(12)22-18(16)11-5-3-4-6-14(11)21-13/h2-9,13H,1H2. The molecule has 3 aromatic rings. The predicted molar refractivity (Wildman–Crippen MR) is 89.2 cm³/mol. The molecule has 0 bridgehead atoms. The van der Waals surface area contributed by atoms with Crippen molar-refractivity contribution in [2.45, 2.75) is 6.10 Å². The Labute approximate surface area is 135 Å². The zero-order valence-electron chi connectivity index (χ0n) is 11.5. The van der Waals surface area contributed by atoms with Gasteiger partial charge in [0.1, 0.15) is 23.2 Å². The van der Waals surface area contributed by atoms with Crippen LogP contribution in [0.3, 0.4) is 0 Å². The second-order valence-electron chi connectivity index (χ2n) is 5.08. The summed E-state index contributed by atoms with van der Waals surface area (Å²) in [5, 5.41) is 0.531. The average Bonchev–Trinajstić information content (AvgIpc) is 2.55. The van der Waals surface area contributed by atoms with Gasteiger partial charge in [-0.2, -0.15) is 0 Å². The fourth-order valence-corrected chi connectivity index (χ4v) is 3.12. The lowest BCUT2D eigenvalue weighted by atomic mass is 9.97. The molecule has 0 amide bonds. The van der Waals surface area contributed by atoms with Gasteiger partial charge < -0.3 is 9.15 Å². The molecule has 1 unspecified atom stereocenters. The molecule has 0 saturated carbocycles. The van der Waals surface area contributed by atoms with Crippen LogP contribution in [-0.4, -0.2) is 0 Å². The molecule has 1 atom stereocenters. The number of hydrogen-bond donors (Lipinski definition) is 0. The number of benzene rings is 2. The summed E-state index contributed by atoms with van der Waals surface area (Å²) in [7, 11) is 0. The zero-order valence-corrected chi connectivity index (χ0v) is 13.1. The molecule has 1 aromatic heterocycles. The number of fused-ring (bicyclic) bond motifs is 4. The van der Waals surface area contributed by atoms with Crippen LogP contribution < -0.4 is 10.2 Å². The summed E-state index contributed by atoms with van der Waals surface area (Å²) >= 11 is 3.39. The lowest BCUT2D eigenvalue weighted by molar-refractivity contribution is 0.246. The summed E-state index contributed by atoms with van der Waals surface area (Å²) in [5.41, 5.74) is 1.76. The Bertz CT molecular complexity index is 972. The summed E-state index contributed by atoms with van der Waals surface area (Å²) in [4.78, 5) is 12.9. The summed E-state index contributed by atoms with van der Waals surface area (Å²) < 4.78 is 12.7. The van der Waals surface area contributed by atoms with Gasteiger partial charge in [-0.3, -0.25) is 4.79 Å². The summed E-state index contributed by atoms with van der Waals surface area (Å²) in [5.74, 6) is 1.26. The first kappa shape index (κ1) is 13.3. The number of halogens is 1. The third-order valence-corrected chi connectivity index (χ3v) is 4.26. The second kappa shape index (κ2) is 4.85. The monoisotopic (exact) mass is 354 g/mol. The minimum absolute atomic E-state index is 0.0862. The first-order valence-electron chi connectivity index (χ1n) is 6.84. The van der Waals surface area contributed by atoms with E-state index in [0.29, 0.717) is 28.0 Å². The Morgan fingerprint density at radius 2 is 2.00 bits per heavy atom. The van der Waals surface area contributed by atoms with Crippen molar-refractivity contribution in [2.24, 2.45) is 0 Å². The molecule has 108 valence electrons. The highest BCUT2D eigenvalue weighted by Crippen LogP contribution is 2.42. The van der Waals surface area contributed by atoms with Crippen LogP contribution in [0.15, 0.2) is 68.8 Å². The van der Waals surface area contributed by atoms with E-state index >= 15 is 0 Å². The Morgan fingerprint density at radius 3 is 2.82 bits per heavy atom. The lowest BCUT2D eigenvalue weighted by Gasteiger charge is -2.25. The fourth-order valence-electron chi connectivity index (χ4n) is 2.76. The Balaban J connectivity index is 2.16.